The van der Waals surface area contributed by atoms with Crippen LogP contribution < -0.4 is 16.3 Å². The Morgan fingerprint density at radius 1 is 1.22 bits per heavy atom. The molecule has 2 N–H and O–H groups in total. The fourth-order valence-electron chi connectivity index (χ4n) is 3.10. The van der Waals surface area contributed by atoms with Crippen LogP contribution in [0.2, 0.25) is 0 Å². The number of carbonyl (C=O) groups excluding carboxylic acids is 2. The van der Waals surface area contributed by atoms with Crippen molar-refractivity contribution in [1.82, 2.24) is 15.5 Å². The van der Waals surface area contributed by atoms with Crippen LogP contribution in [-0.2, 0) is 12.8 Å². The lowest BCUT2D eigenvalue weighted by Gasteiger charge is -2.14. The fraction of sp³-hybridized carbons (Fsp3) is 0.350. The van der Waals surface area contributed by atoms with E-state index in [4.69, 9.17) is 4.42 Å². The highest BCUT2D eigenvalue weighted by molar-refractivity contribution is 5.95. The summed E-state index contributed by atoms with van der Waals surface area (Å²) in [5, 5.41) is 5.38. The van der Waals surface area contributed by atoms with Gasteiger partial charge in [-0.1, -0.05) is 30.3 Å². The smallest absolute Gasteiger partial charge is 0.349 e. The second kappa shape index (κ2) is 8.53. The second-order valence-electron chi connectivity index (χ2n) is 6.52. The molecular formula is C20H23N3O4. The van der Waals surface area contributed by atoms with E-state index in [2.05, 4.69) is 10.6 Å². The lowest BCUT2D eigenvalue weighted by atomic mass is 10.1. The molecule has 27 heavy (non-hydrogen) atoms. The van der Waals surface area contributed by atoms with Crippen molar-refractivity contribution in [1.29, 1.82) is 0 Å². The topological polar surface area (TPSA) is 91.7 Å². The third-order valence-corrected chi connectivity index (χ3v) is 4.54. The van der Waals surface area contributed by atoms with Crippen LogP contribution in [0, 0.1) is 6.92 Å². The zero-order valence-electron chi connectivity index (χ0n) is 15.3. The van der Waals surface area contributed by atoms with E-state index in [1.54, 1.807) is 17.9 Å². The summed E-state index contributed by atoms with van der Waals surface area (Å²) in [7, 11) is 0. The number of hydrogen-bond donors (Lipinski definition) is 2. The van der Waals surface area contributed by atoms with Gasteiger partial charge in [0.25, 0.3) is 5.91 Å². The number of benzene rings is 1. The predicted molar refractivity (Wildman–Crippen MR) is 101 cm³/mol. The van der Waals surface area contributed by atoms with Crippen molar-refractivity contribution < 1.29 is 14.0 Å². The molecule has 0 bridgehead atoms. The molecule has 0 saturated carbocycles. The van der Waals surface area contributed by atoms with E-state index in [1.807, 2.05) is 30.3 Å². The highest BCUT2D eigenvalue weighted by Crippen LogP contribution is 2.10. The maximum absolute atomic E-state index is 12.3. The number of rotatable bonds is 7. The Labute approximate surface area is 157 Å². The Kier molecular flexibility index (Phi) is 5.90. The Hall–Kier alpha value is -3.09. The maximum atomic E-state index is 12.3. The van der Waals surface area contributed by atoms with Gasteiger partial charge in [-0.2, -0.15) is 0 Å². The highest BCUT2D eigenvalue weighted by Gasteiger charge is 2.20. The molecule has 1 aliphatic heterocycles. The van der Waals surface area contributed by atoms with Crippen LogP contribution in [-0.4, -0.2) is 43.0 Å². The summed E-state index contributed by atoms with van der Waals surface area (Å²) in [5.74, 6) is 0.0853. The van der Waals surface area contributed by atoms with Crippen LogP contribution in [0.5, 0.6) is 0 Å². The standard InChI is InChI=1S/C20H23N3O4/c1-14-13-16(8-7-15-5-3-2-4-6-15)27-19(25)17(14)18(24)21-9-11-23-12-10-22-20(23)26/h2-6,13H,7-12H2,1H3,(H,21,24)(H,22,26). The average molecular weight is 369 g/mol. The minimum Gasteiger partial charge on any atom is -0.427 e. The minimum atomic E-state index is -0.630. The predicted octanol–water partition coefficient (Wildman–Crippen LogP) is 1.49. The second-order valence-corrected chi connectivity index (χ2v) is 6.52. The van der Waals surface area contributed by atoms with Crippen molar-refractivity contribution in [3.05, 3.63) is 69.3 Å². The normalized spacial score (nSPS) is 13.5. The van der Waals surface area contributed by atoms with E-state index in [9.17, 15) is 14.4 Å². The average Bonchev–Trinajstić information content (AvgIpc) is 3.05. The molecule has 7 nitrogen and oxygen atoms in total. The molecular weight excluding hydrogens is 346 g/mol. The van der Waals surface area contributed by atoms with E-state index in [-0.39, 0.29) is 18.1 Å². The summed E-state index contributed by atoms with van der Waals surface area (Å²) in [4.78, 5) is 37.7. The molecule has 1 aromatic heterocycles. The minimum absolute atomic E-state index is 0.0179. The first-order chi connectivity index (χ1) is 13.0. The lowest BCUT2D eigenvalue weighted by Crippen LogP contribution is -2.38. The highest BCUT2D eigenvalue weighted by atomic mass is 16.4. The molecule has 3 rings (SSSR count). The van der Waals surface area contributed by atoms with Gasteiger partial charge in [0.2, 0.25) is 0 Å². The van der Waals surface area contributed by atoms with Gasteiger partial charge >= 0.3 is 11.7 Å². The molecule has 0 spiro atoms. The van der Waals surface area contributed by atoms with Crippen molar-refractivity contribution in [2.75, 3.05) is 26.2 Å². The van der Waals surface area contributed by atoms with E-state index < -0.39 is 11.5 Å². The first-order valence-electron chi connectivity index (χ1n) is 9.03. The van der Waals surface area contributed by atoms with Gasteiger partial charge in [0.15, 0.2) is 0 Å². The van der Waals surface area contributed by atoms with E-state index in [0.29, 0.717) is 37.4 Å². The SMILES string of the molecule is Cc1cc(CCc2ccccc2)oc(=O)c1C(=O)NCCN1CCNC1=O. The van der Waals surface area contributed by atoms with Crippen LogP contribution in [0.25, 0.3) is 0 Å². The third-order valence-electron chi connectivity index (χ3n) is 4.54. The first kappa shape index (κ1) is 18.7. The summed E-state index contributed by atoms with van der Waals surface area (Å²) in [6.07, 6.45) is 1.35. The molecule has 1 aliphatic rings. The van der Waals surface area contributed by atoms with Crippen LogP contribution >= 0.6 is 0 Å². The summed E-state index contributed by atoms with van der Waals surface area (Å²) >= 11 is 0. The summed E-state index contributed by atoms with van der Waals surface area (Å²) in [5.41, 5.74) is 1.13. The van der Waals surface area contributed by atoms with Crippen LogP contribution in [0.3, 0.4) is 0 Å². The van der Waals surface area contributed by atoms with Gasteiger partial charge < -0.3 is 20.0 Å². The quantitative estimate of drug-likeness (QED) is 0.773. The fourth-order valence-corrected chi connectivity index (χ4v) is 3.10. The third kappa shape index (κ3) is 4.75. The van der Waals surface area contributed by atoms with Crippen LogP contribution in [0.15, 0.2) is 45.6 Å². The monoisotopic (exact) mass is 369 g/mol. The van der Waals surface area contributed by atoms with Gasteiger partial charge in [0.1, 0.15) is 11.3 Å². The van der Waals surface area contributed by atoms with E-state index >= 15 is 0 Å². The number of hydrogen-bond acceptors (Lipinski definition) is 4. The number of nitrogens with one attached hydrogen (secondary N) is 2. The van der Waals surface area contributed by atoms with Crippen molar-refractivity contribution in [2.45, 2.75) is 19.8 Å². The number of aryl methyl sites for hydroxylation is 3. The van der Waals surface area contributed by atoms with Gasteiger partial charge in [-0.3, -0.25) is 4.79 Å². The Morgan fingerprint density at radius 3 is 2.67 bits per heavy atom. The van der Waals surface area contributed by atoms with Crippen molar-refractivity contribution in [2.24, 2.45) is 0 Å². The van der Waals surface area contributed by atoms with Gasteiger partial charge in [-0.15, -0.1) is 0 Å². The molecule has 1 saturated heterocycles. The number of urea groups is 1. The molecule has 7 heteroatoms. The summed E-state index contributed by atoms with van der Waals surface area (Å²) in [6, 6.07) is 11.5. The Bertz CT molecular complexity index is 877. The van der Waals surface area contributed by atoms with E-state index in [0.717, 1.165) is 12.0 Å². The zero-order chi connectivity index (χ0) is 19.2. The van der Waals surface area contributed by atoms with Crippen LogP contribution in [0.1, 0.15) is 27.2 Å². The molecule has 0 atom stereocenters. The summed E-state index contributed by atoms with van der Waals surface area (Å²) < 4.78 is 5.34. The van der Waals surface area contributed by atoms with Gasteiger partial charge in [0.05, 0.1) is 0 Å². The molecule has 0 unspecified atom stereocenters. The molecule has 2 aromatic rings. The molecule has 3 amide bonds. The Morgan fingerprint density at radius 2 is 2.00 bits per heavy atom. The van der Waals surface area contributed by atoms with Crippen molar-refractivity contribution >= 4 is 11.9 Å². The van der Waals surface area contributed by atoms with Crippen LogP contribution in [0.4, 0.5) is 4.79 Å². The molecule has 0 aliphatic carbocycles. The zero-order valence-corrected chi connectivity index (χ0v) is 15.3. The van der Waals surface area contributed by atoms with Gasteiger partial charge in [0, 0.05) is 32.6 Å². The van der Waals surface area contributed by atoms with Gasteiger partial charge in [-0.25, -0.2) is 9.59 Å². The van der Waals surface area contributed by atoms with Crippen molar-refractivity contribution in [3.8, 4) is 0 Å². The first-order valence-corrected chi connectivity index (χ1v) is 9.03. The molecule has 1 fully saturated rings. The number of amides is 3. The molecule has 1 aromatic carbocycles. The van der Waals surface area contributed by atoms with Crippen molar-refractivity contribution in [3.63, 3.8) is 0 Å². The van der Waals surface area contributed by atoms with Gasteiger partial charge in [-0.05, 0) is 30.5 Å². The number of carbonyl (C=O) groups is 2. The lowest BCUT2D eigenvalue weighted by molar-refractivity contribution is 0.0945. The largest absolute Gasteiger partial charge is 0.427 e. The Balaban J connectivity index is 1.59. The van der Waals surface area contributed by atoms with E-state index in [1.165, 1.54) is 0 Å². The molecule has 0 radical (unpaired) electrons. The maximum Gasteiger partial charge on any atom is 0.349 e. The molecule has 2 heterocycles. The number of nitrogens with zero attached hydrogens (tertiary/aromatic N) is 1. The summed E-state index contributed by atoms with van der Waals surface area (Å²) in [6.45, 7) is 3.63. The molecule has 142 valence electrons.